The first-order valence-corrected chi connectivity index (χ1v) is 4.75. The van der Waals surface area contributed by atoms with Gasteiger partial charge < -0.3 is 5.21 Å². The molecule has 0 saturated heterocycles. The van der Waals surface area contributed by atoms with Gasteiger partial charge in [0, 0.05) is 10.8 Å². The average molecular weight is 238 g/mol. The number of aryl methyl sites for hydroxylation is 1. The highest BCUT2D eigenvalue weighted by molar-refractivity contribution is 9.10. The molecule has 0 atom stereocenters. The third kappa shape index (κ3) is 1.52. The summed E-state index contributed by atoms with van der Waals surface area (Å²) in [5.41, 5.74) is 1.19. The lowest BCUT2D eigenvalue weighted by atomic mass is 10.1. The summed E-state index contributed by atoms with van der Waals surface area (Å²) in [6, 6.07) is 6.00. The van der Waals surface area contributed by atoms with Gasteiger partial charge in [-0.3, -0.25) is 0 Å². The molecule has 1 heterocycles. The van der Waals surface area contributed by atoms with E-state index in [1.165, 1.54) is 11.8 Å². The van der Waals surface area contributed by atoms with Gasteiger partial charge in [0.1, 0.15) is 0 Å². The maximum absolute atomic E-state index is 11.1. The van der Waals surface area contributed by atoms with Crippen LogP contribution in [-0.2, 0) is 0 Å². The van der Waals surface area contributed by atoms with Gasteiger partial charge >= 0.3 is 0 Å². The number of nitrogens with zero attached hydrogens (tertiary/aromatic N) is 1. The molecule has 2 aromatic rings. The van der Waals surface area contributed by atoms with E-state index in [0.717, 1.165) is 20.0 Å². The van der Waals surface area contributed by atoms with Crippen LogP contribution in [0.1, 0.15) is 5.56 Å². The normalized spacial score (nSPS) is 10.6. The van der Waals surface area contributed by atoms with Gasteiger partial charge in [-0.05, 0) is 35.0 Å². The largest absolute Gasteiger partial charge is 0.619 e. The summed E-state index contributed by atoms with van der Waals surface area (Å²) in [4.78, 5) is 0. The summed E-state index contributed by atoms with van der Waals surface area (Å²) >= 11 is 3.36. The second-order valence-electron chi connectivity index (χ2n) is 3.06. The molecule has 0 bridgehead atoms. The van der Waals surface area contributed by atoms with Gasteiger partial charge in [-0.1, -0.05) is 11.6 Å². The molecule has 1 aromatic carbocycles. The van der Waals surface area contributed by atoms with Gasteiger partial charge in [-0.15, -0.1) is 0 Å². The van der Waals surface area contributed by atoms with E-state index in [1.807, 2.05) is 19.1 Å². The Morgan fingerprint density at radius 3 is 2.85 bits per heavy atom. The molecule has 0 spiro atoms. The van der Waals surface area contributed by atoms with Crippen LogP contribution in [0.3, 0.4) is 0 Å². The zero-order valence-corrected chi connectivity index (χ0v) is 8.71. The van der Waals surface area contributed by atoms with Crippen molar-refractivity contribution in [2.75, 3.05) is 0 Å². The standard InChI is InChI=1S/C10H8BrNO/c1-7-2-3-8-5-12(13)6-10(11)9(8)4-7/h2-6H,1H3. The highest BCUT2D eigenvalue weighted by Gasteiger charge is 2.03. The van der Waals surface area contributed by atoms with Crippen LogP contribution in [0.5, 0.6) is 0 Å². The first kappa shape index (κ1) is 8.51. The smallest absolute Gasteiger partial charge is 0.195 e. The monoisotopic (exact) mass is 237 g/mol. The Kier molecular flexibility index (Phi) is 1.96. The predicted molar refractivity (Wildman–Crippen MR) is 55.3 cm³/mol. The molecule has 2 rings (SSSR count). The number of pyridine rings is 1. The van der Waals surface area contributed by atoms with E-state index in [-0.39, 0.29) is 0 Å². The summed E-state index contributed by atoms with van der Waals surface area (Å²) in [5, 5.41) is 13.1. The molecule has 0 aliphatic heterocycles. The van der Waals surface area contributed by atoms with Crippen molar-refractivity contribution < 1.29 is 4.73 Å². The van der Waals surface area contributed by atoms with E-state index in [9.17, 15) is 5.21 Å². The van der Waals surface area contributed by atoms with Gasteiger partial charge in [0.15, 0.2) is 12.4 Å². The molecular weight excluding hydrogens is 230 g/mol. The SMILES string of the molecule is Cc1ccc2c[n+]([O-])cc(Br)c2c1. The molecule has 2 nitrogen and oxygen atoms in total. The van der Waals surface area contributed by atoms with E-state index in [0.29, 0.717) is 0 Å². The third-order valence-electron chi connectivity index (χ3n) is 1.97. The molecule has 66 valence electrons. The Labute approximate surface area is 84.5 Å². The van der Waals surface area contributed by atoms with Crippen molar-refractivity contribution in [3.05, 3.63) is 45.8 Å². The van der Waals surface area contributed by atoms with Crippen molar-refractivity contribution in [2.24, 2.45) is 0 Å². The zero-order chi connectivity index (χ0) is 9.42. The third-order valence-corrected chi connectivity index (χ3v) is 2.60. The zero-order valence-electron chi connectivity index (χ0n) is 7.12. The van der Waals surface area contributed by atoms with Crippen LogP contribution in [0.15, 0.2) is 35.1 Å². The fraction of sp³-hybridized carbons (Fsp3) is 0.100. The maximum atomic E-state index is 11.1. The summed E-state index contributed by atoms with van der Waals surface area (Å²) in [5.74, 6) is 0. The molecule has 0 N–H and O–H groups in total. The number of hydrogen-bond donors (Lipinski definition) is 0. The molecule has 0 aliphatic carbocycles. The Hall–Kier alpha value is -1.09. The minimum atomic E-state index is 0.807. The van der Waals surface area contributed by atoms with Crippen molar-refractivity contribution in [2.45, 2.75) is 6.92 Å². The first-order valence-electron chi connectivity index (χ1n) is 3.95. The minimum absolute atomic E-state index is 0.807. The van der Waals surface area contributed by atoms with Crippen molar-refractivity contribution in [3.8, 4) is 0 Å². The summed E-state index contributed by atoms with van der Waals surface area (Å²) in [6.07, 6.45) is 3.08. The number of benzene rings is 1. The van der Waals surface area contributed by atoms with Gasteiger partial charge in [0.25, 0.3) is 0 Å². The molecule has 0 unspecified atom stereocenters. The van der Waals surface area contributed by atoms with E-state index in [2.05, 4.69) is 22.0 Å². The highest BCUT2D eigenvalue weighted by Crippen LogP contribution is 2.22. The Bertz CT molecular complexity index is 468. The van der Waals surface area contributed by atoms with Crippen LogP contribution in [-0.4, -0.2) is 0 Å². The van der Waals surface area contributed by atoms with Crippen molar-refractivity contribution in [1.82, 2.24) is 0 Å². The van der Waals surface area contributed by atoms with E-state index in [1.54, 1.807) is 6.20 Å². The van der Waals surface area contributed by atoms with E-state index in [4.69, 9.17) is 0 Å². The molecule has 13 heavy (non-hydrogen) atoms. The molecule has 0 radical (unpaired) electrons. The minimum Gasteiger partial charge on any atom is -0.619 e. The summed E-state index contributed by atoms with van der Waals surface area (Å²) in [7, 11) is 0. The lowest BCUT2D eigenvalue weighted by Crippen LogP contribution is -2.24. The summed E-state index contributed by atoms with van der Waals surface area (Å²) in [6.45, 7) is 2.03. The van der Waals surface area contributed by atoms with Crippen molar-refractivity contribution >= 4 is 26.7 Å². The molecule has 0 aliphatic rings. The van der Waals surface area contributed by atoms with Gasteiger partial charge in [0.05, 0.1) is 4.47 Å². The highest BCUT2D eigenvalue weighted by atomic mass is 79.9. The second-order valence-corrected chi connectivity index (χ2v) is 3.91. The Morgan fingerprint density at radius 2 is 2.08 bits per heavy atom. The molecule has 0 saturated carbocycles. The van der Waals surface area contributed by atoms with Gasteiger partial charge in [0.2, 0.25) is 0 Å². The van der Waals surface area contributed by atoms with Crippen LogP contribution < -0.4 is 4.73 Å². The summed E-state index contributed by atoms with van der Waals surface area (Å²) < 4.78 is 1.64. The van der Waals surface area contributed by atoms with Crippen LogP contribution in [0.25, 0.3) is 10.8 Å². The lowest BCUT2D eigenvalue weighted by Gasteiger charge is -2.02. The predicted octanol–water partition coefficient (Wildman–Crippen LogP) is 2.54. The van der Waals surface area contributed by atoms with Crippen LogP contribution in [0, 0.1) is 12.1 Å². The van der Waals surface area contributed by atoms with Crippen molar-refractivity contribution in [1.29, 1.82) is 0 Å². The van der Waals surface area contributed by atoms with Crippen LogP contribution in [0.4, 0.5) is 0 Å². The Balaban J connectivity index is 2.87. The fourth-order valence-electron chi connectivity index (χ4n) is 1.35. The second kappa shape index (κ2) is 3.00. The number of rotatable bonds is 0. The number of fused-ring (bicyclic) bond motifs is 1. The van der Waals surface area contributed by atoms with Crippen molar-refractivity contribution in [3.63, 3.8) is 0 Å². The fourth-order valence-corrected chi connectivity index (χ4v) is 1.89. The molecule has 3 heteroatoms. The van der Waals surface area contributed by atoms with Gasteiger partial charge in [-0.2, -0.15) is 4.73 Å². The van der Waals surface area contributed by atoms with Gasteiger partial charge in [-0.25, -0.2) is 0 Å². The average Bonchev–Trinajstić information content (AvgIpc) is 2.06. The molecule has 0 fully saturated rings. The Morgan fingerprint density at radius 1 is 1.31 bits per heavy atom. The number of aromatic nitrogens is 1. The lowest BCUT2D eigenvalue weighted by molar-refractivity contribution is -0.604. The first-order chi connectivity index (χ1) is 6.16. The van der Waals surface area contributed by atoms with Crippen LogP contribution >= 0.6 is 15.9 Å². The van der Waals surface area contributed by atoms with Crippen LogP contribution in [0.2, 0.25) is 0 Å². The molecule has 1 aromatic heterocycles. The van der Waals surface area contributed by atoms with E-state index >= 15 is 0 Å². The molecular formula is C10H8BrNO. The molecule has 0 amide bonds. The number of halogens is 1. The van der Waals surface area contributed by atoms with E-state index < -0.39 is 0 Å². The maximum Gasteiger partial charge on any atom is 0.195 e. The quantitative estimate of drug-likeness (QED) is 0.511. The topological polar surface area (TPSA) is 26.9 Å². The number of hydrogen-bond acceptors (Lipinski definition) is 1.